The standard InChI is InChI=1S/C19H11ClF2N2O4.C2H6/c20-13-8-16-15(27-19(21,22)28-16)7-12(13)10-5-6-17(23-9-10)24-18(26)11-3-1-2-4-14(11)25;1-2/h1-9,25H,(H,23,24,26);1-2H3. The van der Waals surface area contributed by atoms with Crippen LogP contribution in [0.3, 0.4) is 0 Å². The van der Waals surface area contributed by atoms with E-state index in [1.165, 1.54) is 36.5 Å². The van der Waals surface area contributed by atoms with Crippen LogP contribution in [0.15, 0.2) is 54.7 Å². The molecular weight excluding hydrogens is 418 g/mol. The van der Waals surface area contributed by atoms with Crippen LogP contribution in [0.4, 0.5) is 14.6 Å². The van der Waals surface area contributed by atoms with Crippen molar-refractivity contribution in [3.63, 3.8) is 0 Å². The molecule has 6 nitrogen and oxygen atoms in total. The number of phenols is 1. The van der Waals surface area contributed by atoms with E-state index in [1.54, 1.807) is 18.2 Å². The third kappa shape index (κ3) is 4.44. The Morgan fingerprint density at radius 3 is 2.40 bits per heavy atom. The number of rotatable bonds is 3. The summed E-state index contributed by atoms with van der Waals surface area (Å²) in [7, 11) is 0. The number of ether oxygens (including phenoxy) is 2. The van der Waals surface area contributed by atoms with E-state index in [1.807, 2.05) is 13.8 Å². The molecular formula is C21H17ClF2N2O4. The van der Waals surface area contributed by atoms with Gasteiger partial charge in [-0.3, -0.25) is 4.79 Å². The van der Waals surface area contributed by atoms with Crippen molar-refractivity contribution in [3.05, 3.63) is 65.3 Å². The number of nitrogens with one attached hydrogen (secondary N) is 1. The van der Waals surface area contributed by atoms with Gasteiger partial charge in [-0.05, 0) is 30.3 Å². The first-order chi connectivity index (χ1) is 14.3. The number of fused-ring (bicyclic) bond motifs is 1. The number of halogens is 3. The van der Waals surface area contributed by atoms with E-state index >= 15 is 0 Å². The van der Waals surface area contributed by atoms with E-state index in [0.29, 0.717) is 11.1 Å². The lowest BCUT2D eigenvalue weighted by molar-refractivity contribution is -0.286. The summed E-state index contributed by atoms with van der Waals surface area (Å²) in [6, 6.07) is 11.8. The highest BCUT2D eigenvalue weighted by Crippen LogP contribution is 2.46. The van der Waals surface area contributed by atoms with Crippen LogP contribution in [0.5, 0.6) is 17.2 Å². The lowest BCUT2D eigenvalue weighted by Gasteiger charge is -2.08. The first-order valence-electron chi connectivity index (χ1n) is 8.97. The maximum absolute atomic E-state index is 13.2. The average molecular weight is 435 g/mol. The van der Waals surface area contributed by atoms with Gasteiger partial charge in [-0.2, -0.15) is 0 Å². The summed E-state index contributed by atoms with van der Waals surface area (Å²) in [5, 5.41) is 12.5. The molecule has 0 aliphatic carbocycles. The van der Waals surface area contributed by atoms with Crippen LogP contribution in [0.1, 0.15) is 24.2 Å². The van der Waals surface area contributed by atoms with Gasteiger partial charge in [0, 0.05) is 23.4 Å². The number of nitrogens with zero attached hydrogens (tertiary/aromatic N) is 1. The number of anilines is 1. The molecule has 30 heavy (non-hydrogen) atoms. The van der Waals surface area contributed by atoms with Gasteiger partial charge in [0.25, 0.3) is 5.91 Å². The topological polar surface area (TPSA) is 80.7 Å². The normalized spacial score (nSPS) is 13.2. The molecule has 3 aromatic rings. The van der Waals surface area contributed by atoms with Crippen molar-refractivity contribution in [1.82, 2.24) is 4.98 Å². The van der Waals surface area contributed by atoms with Crippen LogP contribution in [0.25, 0.3) is 11.1 Å². The predicted molar refractivity (Wildman–Crippen MR) is 108 cm³/mol. The number of pyridine rings is 1. The average Bonchev–Trinajstić information content (AvgIpc) is 3.02. The third-order valence-electron chi connectivity index (χ3n) is 3.96. The van der Waals surface area contributed by atoms with Gasteiger partial charge in [0.2, 0.25) is 0 Å². The number of aromatic hydroxyl groups is 1. The number of para-hydroxylation sites is 1. The third-order valence-corrected chi connectivity index (χ3v) is 4.27. The van der Waals surface area contributed by atoms with Crippen LogP contribution in [0, 0.1) is 0 Å². The van der Waals surface area contributed by atoms with Gasteiger partial charge in [-0.25, -0.2) is 4.98 Å². The second-order valence-corrected chi connectivity index (χ2v) is 6.26. The minimum Gasteiger partial charge on any atom is -0.507 e. The Labute approximate surface area is 176 Å². The predicted octanol–water partition coefficient (Wildman–Crippen LogP) is 5.71. The zero-order valence-electron chi connectivity index (χ0n) is 15.9. The van der Waals surface area contributed by atoms with Gasteiger partial charge in [-0.1, -0.05) is 37.6 Å². The molecule has 2 heterocycles. The number of carbonyl (C=O) groups is 1. The molecule has 1 aromatic heterocycles. The summed E-state index contributed by atoms with van der Waals surface area (Å²) < 4.78 is 35.2. The number of benzene rings is 2. The van der Waals surface area contributed by atoms with E-state index in [4.69, 9.17) is 11.6 Å². The summed E-state index contributed by atoms with van der Waals surface area (Å²) in [5.74, 6) is -0.734. The van der Waals surface area contributed by atoms with Gasteiger partial charge in [0.1, 0.15) is 11.6 Å². The molecule has 0 saturated heterocycles. The van der Waals surface area contributed by atoms with Crippen LogP contribution in [-0.2, 0) is 0 Å². The SMILES string of the molecule is CC.O=C(Nc1ccc(-c2cc3c(cc2Cl)OC(F)(F)O3)cn1)c1ccccc1O. The van der Waals surface area contributed by atoms with Crippen molar-refractivity contribution < 1.29 is 28.2 Å². The van der Waals surface area contributed by atoms with Gasteiger partial charge in [0.05, 0.1) is 10.6 Å². The molecule has 0 fully saturated rings. The largest absolute Gasteiger partial charge is 0.586 e. The molecule has 0 spiro atoms. The minimum atomic E-state index is -3.74. The lowest BCUT2D eigenvalue weighted by Crippen LogP contribution is -2.25. The monoisotopic (exact) mass is 434 g/mol. The fourth-order valence-electron chi connectivity index (χ4n) is 2.67. The molecule has 4 rings (SSSR count). The maximum atomic E-state index is 13.2. The molecule has 1 amide bonds. The second-order valence-electron chi connectivity index (χ2n) is 5.85. The lowest BCUT2D eigenvalue weighted by atomic mass is 10.1. The Hall–Kier alpha value is -3.39. The van der Waals surface area contributed by atoms with Crippen molar-refractivity contribution in [2.45, 2.75) is 20.1 Å². The molecule has 9 heteroatoms. The van der Waals surface area contributed by atoms with E-state index in [0.717, 1.165) is 0 Å². The fraction of sp³-hybridized carbons (Fsp3) is 0.143. The van der Waals surface area contributed by atoms with Crippen molar-refractivity contribution in [2.75, 3.05) is 5.32 Å². The zero-order valence-corrected chi connectivity index (χ0v) is 16.7. The quantitative estimate of drug-likeness (QED) is 0.552. The number of hydrogen-bond donors (Lipinski definition) is 2. The summed E-state index contributed by atoms with van der Waals surface area (Å²) in [6.45, 7) is 4.00. The highest BCUT2D eigenvalue weighted by Gasteiger charge is 2.43. The molecule has 0 unspecified atom stereocenters. The minimum absolute atomic E-state index is 0.105. The molecule has 2 aromatic carbocycles. The van der Waals surface area contributed by atoms with Gasteiger partial charge >= 0.3 is 6.29 Å². The smallest absolute Gasteiger partial charge is 0.507 e. The van der Waals surface area contributed by atoms with Gasteiger partial charge < -0.3 is 19.9 Å². The summed E-state index contributed by atoms with van der Waals surface area (Å²) >= 11 is 6.15. The number of hydrogen-bond acceptors (Lipinski definition) is 5. The first kappa shape index (κ1) is 21.3. The molecule has 0 bridgehead atoms. The highest BCUT2D eigenvalue weighted by molar-refractivity contribution is 6.33. The van der Waals surface area contributed by atoms with Crippen LogP contribution in [0.2, 0.25) is 5.02 Å². The van der Waals surface area contributed by atoms with E-state index in [2.05, 4.69) is 19.8 Å². The zero-order chi connectivity index (χ0) is 21.9. The molecule has 1 aliphatic heterocycles. The van der Waals surface area contributed by atoms with Crippen molar-refractivity contribution in [2.24, 2.45) is 0 Å². The Kier molecular flexibility index (Phi) is 6.07. The summed E-state index contributed by atoms with van der Waals surface area (Å²) in [4.78, 5) is 16.3. The van der Waals surface area contributed by atoms with E-state index in [-0.39, 0.29) is 33.7 Å². The van der Waals surface area contributed by atoms with E-state index in [9.17, 15) is 18.7 Å². The Balaban J connectivity index is 0.00000124. The number of alkyl halides is 2. The van der Waals surface area contributed by atoms with Crippen LogP contribution in [-0.4, -0.2) is 22.3 Å². The number of carbonyl (C=O) groups excluding carboxylic acids is 1. The Morgan fingerprint density at radius 2 is 1.77 bits per heavy atom. The van der Waals surface area contributed by atoms with Crippen LogP contribution < -0.4 is 14.8 Å². The van der Waals surface area contributed by atoms with Crippen molar-refractivity contribution in [3.8, 4) is 28.4 Å². The molecule has 0 saturated carbocycles. The van der Waals surface area contributed by atoms with Crippen molar-refractivity contribution in [1.29, 1.82) is 0 Å². The number of amides is 1. The first-order valence-corrected chi connectivity index (χ1v) is 9.35. The molecule has 2 N–H and O–H groups in total. The summed E-state index contributed by atoms with van der Waals surface area (Å²) in [6.07, 6.45) is -2.32. The second kappa shape index (κ2) is 8.54. The molecule has 1 aliphatic rings. The Bertz CT molecular complexity index is 1080. The van der Waals surface area contributed by atoms with Gasteiger partial charge in [-0.15, -0.1) is 8.78 Å². The molecule has 156 valence electrons. The fourth-order valence-corrected chi connectivity index (χ4v) is 2.93. The Morgan fingerprint density at radius 1 is 1.10 bits per heavy atom. The van der Waals surface area contributed by atoms with E-state index < -0.39 is 12.2 Å². The number of phenolic OH excluding ortho intramolecular Hbond substituents is 1. The molecule has 0 atom stereocenters. The summed E-state index contributed by atoms with van der Waals surface area (Å²) in [5.41, 5.74) is 1.04. The number of aromatic nitrogens is 1. The molecule has 0 radical (unpaired) electrons. The van der Waals surface area contributed by atoms with Gasteiger partial charge in [0.15, 0.2) is 11.5 Å². The highest BCUT2D eigenvalue weighted by atomic mass is 35.5. The maximum Gasteiger partial charge on any atom is 0.586 e. The van der Waals surface area contributed by atoms with Crippen molar-refractivity contribution >= 4 is 23.3 Å². The van der Waals surface area contributed by atoms with Crippen LogP contribution >= 0.6 is 11.6 Å².